The monoisotopic (exact) mass is 492 g/mol. The van der Waals surface area contributed by atoms with Crippen LogP contribution in [0.1, 0.15) is 22.3 Å². The number of aryl methyl sites for hydroxylation is 3. The van der Waals surface area contributed by atoms with Crippen LogP contribution in [0.4, 0.5) is 11.4 Å². The van der Waals surface area contributed by atoms with Gasteiger partial charge in [-0.15, -0.1) is 0 Å². The number of hydrazone groups is 1. The van der Waals surface area contributed by atoms with Crippen molar-refractivity contribution in [3.63, 3.8) is 0 Å². The van der Waals surface area contributed by atoms with Crippen molar-refractivity contribution in [2.24, 2.45) is 5.10 Å². The van der Waals surface area contributed by atoms with Crippen LogP contribution in [0.15, 0.2) is 65.8 Å². The molecule has 8 nitrogen and oxygen atoms in total. The molecule has 0 atom stereocenters. The molecule has 35 heavy (non-hydrogen) atoms. The lowest BCUT2D eigenvalue weighted by Gasteiger charge is -2.09. The standard InChI is InChI=1S/C26H25ClN4O4/c1-16-7-9-20(11-18(16)3)29-24(32)15-35-22-6-4-5-19(12-22)14-28-31-26(34)25(33)30-21-10-8-17(2)23(27)13-21/h4-14H,15H2,1-3H3,(H,29,32)(H,30,33)(H,31,34)/b28-14-. The number of ether oxygens (including phenoxy) is 1. The summed E-state index contributed by atoms with van der Waals surface area (Å²) in [6.45, 7) is 5.63. The van der Waals surface area contributed by atoms with E-state index < -0.39 is 11.8 Å². The van der Waals surface area contributed by atoms with Crippen LogP contribution in [0.25, 0.3) is 0 Å². The molecule has 0 aliphatic heterocycles. The lowest BCUT2D eigenvalue weighted by atomic mass is 10.1. The van der Waals surface area contributed by atoms with E-state index in [-0.39, 0.29) is 12.5 Å². The summed E-state index contributed by atoms with van der Waals surface area (Å²) < 4.78 is 5.55. The Bertz CT molecular complexity index is 1290. The van der Waals surface area contributed by atoms with Crippen LogP contribution < -0.4 is 20.8 Å². The predicted molar refractivity (Wildman–Crippen MR) is 137 cm³/mol. The minimum absolute atomic E-state index is 0.173. The van der Waals surface area contributed by atoms with Gasteiger partial charge in [-0.05, 0) is 79.4 Å². The van der Waals surface area contributed by atoms with Gasteiger partial charge in [0.05, 0.1) is 6.21 Å². The normalized spacial score (nSPS) is 10.6. The third-order valence-electron chi connectivity index (χ3n) is 5.03. The molecular weight excluding hydrogens is 468 g/mol. The Morgan fingerprint density at radius 1 is 0.857 bits per heavy atom. The lowest BCUT2D eigenvalue weighted by molar-refractivity contribution is -0.136. The first-order valence-electron chi connectivity index (χ1n) is 10.7. The van der Waals surface area contributed by atoms with E-state index in [1.165, 1.54) is 6.21 Å². The van der Waals surface area contributed by atoms with E-state index in [2.05, 4.69) is 21.2 Å². The summed E-state index contributed by atoms with van der Waals surface area (Å²) in [5, 5.41) is 9.52. The van der Waals surface area contributed by atoms with Gasteiger partial charge in [0.2, 0.25) is 0 Å². The summed E-state index contributed by atoms with van der Waals surface area (Å²) in [5.74, 6) is -1.66. The molecule has 3 aromatic carbocycles. The molecule has 180 valence electrons. The van der Waals surface area contributed by atoms with Crippen molar-refractivity contribution in [2.75, 3.05) is 17.2 Å². The molecule has 0 saturated carbocycles. The summed E-state index contributed by atoms with van der Waals surface area (Å²) >= 11 is 6.02. The van der Waals surface area contributed by atoms with Crippen molar-refractivity contribution in [1.29, 1.82) is 0 Å². The summed E-state index contributed by atoms with van der Waals surface area (Å²) in [5.41, 5.74) is 6.95. The molecule has 0 fully saturated rings. The van der Waals surface area contributed by atoms with Gasteiger partial charge >= 0.3 is 11.8 Å². The van der Waals surface area contributed by atoms with Crippen molar-refractivity contribution < 1.29 is 19.1 Å². The summed E-state index contributed by atoms with van der Waals surface area (Å²) in [6.07, 6.45) is 1.36. The molecule has 3 rings (SSSR count). The van der Waals surface area contributed by atoms with Gasteiger partial charge in [0.15, 0.2) is 6.61 Å². The molecule has 0 radical (unpaired) electrons. The van der Waals surface area contributed by atoms with Crippen molar-refractivity contribution in [1.82, 2.24) is 5.43 Å². The fourth-order valence-corrected chi connectivity index (χ4v) is 3.10. The first-order chi connectivity index (χ1) is 16.7. The quantitative estimate of drug-likeness (QED) is 0.258. The molecule has 0 heterocycles. The third kappa shape index (κ3) is 7.68. The number of carbonyl (C=O) groups excluding carboxylic acids is 3. The van der Waals surface area contributed by atoms with E-state index in [0.29, 0.717) is 27.7 Å². The number of anilines is 2. The molecule has 0 aliphatic rings. The van der Waals surface area contributed by atoms with E-state index in [0.717, 1.165) is 16.7 Å². The predicted octanol–water partition coefficient (Wildman–Crippen LogP) is 4.37. The molecule has 3 aromatic rings. The van der Waals surface area contributed by atoms with Gasteiger partial charge < -0.3 is 15.4 Å². The molecule has 0 aliphatic carbocycles. The third-order valence-corrected chi connectivity index (χ3v) is 5.44. The van der Waals surface area contributed by atoms with Crippen LogP contribution in [-0.4, -0.2) is 30.5 Å². The fourth-order valence-electron chi connectivity index (χ4n) is 2.92. The zero-order valence-electron chi connectivity index (χ0n) is 19.5. The van der Waals surface area contributed by atoms with E-state index in [9.17, 15) is 14.4 Å². The van der Waals surface area contributed by atoms with Crippen molar-refractivity contribution in [3.05, 3.63) is 87.9 Å². The van der Waals surface area contributed by atoms with Crippen LogP contribution in [0, 0.1) is 20.8 Å². The van der Waals surface area contributed by atoms with Crippen LogP contribution in [0.5, 0.6) is 5.75 Å². The van der Waals surface area contributed by atoms with Crippen molar-refractivity contribution in [2.45, 2.75) is 20.8 Å². The van der Waals surface area contributed by atoms with Crippen LogP contribution in [0.2, 0.25) is 5.02 Å². The van der Waals surface area contributed by atoms with E-state index in [1.54, 1.807) is 42.5 Å². The maximum absolute atomic E-state index is 12.2. The molecular formula is C26H25ClN4O4. The SMILES string of the molecule is Cc1ccc(NC(=O)COc2cccc(/C=N\NC(=O)C(=O)Nc3ccc(C)c(Cl)c3)c2)cc1C. The molecule has 0 aromatic heterocycles. The van der Waals surface area contributed by atoms with Crippen LogP contribution >= 0.6 is 11.6 Å². The Balaban J connectivity index is 1.48. The molecule has 0 bridgehead atoms. The highest BCUT2D eigenvalue weighted by Crippen LogP contribution is 2.20. The first-order valence-corrected chi connectivity index (χ1v) is 11.1. The lowest BCUT2D eigenvalue weighted by Crippen LogP contribution is -2.32. The van der Waals surface area contributed by atoms with Gasteiger partial charge in [-0.1, -0.05) is 35.9 Å². The highest BCUT2D eigenvalue weighted by atomic mass is 35.5. The number of hydrogen-bond acceptors (Lipinski definition) is 5. The van der Waals surface area contributed by atoms with Gasteiger partial charge in [0, 0.05) is 16.4 Å². The number of nitrogens with zero attached hydrogens (tertiary/aromatic N) is 1. The Hall–Kier alpha value is -4.17. The number of carbonyl (C=O) groups is 3. The van der Waals surface area contributed by atoms with Gasteiger partial charge in [-0.3, -0.25) is 14.4 Å². The smallest absolute Gasteiger partial charge is 0.329 e. The Morgan fingerprint density at radius 2 is 1.57 bits per heavy atom. The number of rotatable bonds is 7. The van der Waals surface area contributed by atoms with Gasteiger partial charge in [-0.25, -0.2) is 5.43 Å². The largest absolute Gasteiger partial charge is 0.484 e. The second-order valence-corrected chi connectivity index (χ2v) is 8.23. The molecule has 9 heteroatoms. The summed E-state index contributed by atoms with van der Waals surface area (Å²) in [4.78, 5) is 36.2. The van der Waals surface area contributed by atoms with E-state index in [1.807, 2.05) is 39.0 Å². The van der Waals surface area contributed by atoms with Gasteiger partial charge in [0.1, 0.15) is 5.75 Å². The van der Waals surface area contributed by atoms with Gasteiger partial charge in [-0.2, -0.15) is 5.10 Å². The van der Waals surface area contributed by atoms with Crippen molar-refractivity contribution >= 4 is 46.9 Å². The second kappa shape index (κ2) is 11.8. The molecule has 3 amide bonds. The minimum atomic E-state index is -0.937. The Kier molecular flexibility index (Phi) is 8.58. The number of halogens is 1. The molecule has 0 unspecified atom stereocenters. The topological polar surface area (TPSA) is 109 Å². The van der Waals surface area contributed by atoms with Crippen LogP contribution in [-0.2, 0) is 14.4 Å². The number of hydrogen-bond donors (Lipinski definition) is 3. The highest BCUT2D eigenvalue weighted by molar-refractivity contribution is 6.39. The van der Waals surface area contributed by atoms with Crippen LogP contribution in [0.3, 0.4) is 0 Å². The molecule has 3 N–H and O–H groups in total. The average molecular weight is 493 g/mol. The summed E-state index contributed by atoms with van der Waals surface area (Å²) in [7, 11) is 0. The second-order valence-electron chi connectivity index (χ2n) is 7.83. The fraction of sp³-hybridized carbons (Fsp3) is 0.154. The Labute approximate surface area is 208 Å². The highest BCUT2D eigenvalue weighted by Gasteiger charge is 2.13. The maximum atomic E-state index is 12.2. The molecule has 0 spiro atoms. The first kappa shape index (κ1) is 25.5. The summed E-state index contributed by atoms with van der Waals surface area (Å²) in [6, 6.07) is 17.4. The molecule has 0 saturated heterocycles. The number of benzene rings is 3. The van der Waals surface area contributed by atoms with Crippen molar-refractivity contribution in [3.8, 4) is 5.75 Å². The number of amides is 3. The van der Waals surface area contributed by atoms with E-state index in [4.69, 9.17) is 16.3 Å². The average Bonchev–Trinajstić information content (AvgIpc) is 2.82. The Morgan fingerprint density at radius 3 is 2.29 bits per heavy atom. The zero-order valence-corrected chi connectivity index (χ0v) is 20.3. The zero-order chi connectivity index (χ0) is 25.4. The van der Waals surface area contributed by atoms with E-state index >= 15 is 0 Å². The minimum Gasteiger partial charge on any atom is -0.484 e. The van der Waals surface area contributed by atoms with Gasteiger partial charge in [0.25, 0.3) is 5.91 Å². The number of nitrogens with one attached hydrogen (secondary N) is 3. The maximum Gasteiger partial charge on any atom is 0.329 e.